The Morgan fingerprint density at radius 1 is 0.789 bits per heavy atom. The van der Waals surface area contributed by atoms with E-state index in [0.29, 0.717) is 22.9 Å². The molecule has 0 bridgehead atoms. The van der Waals surface area contributed by atoms with Gasteiger partial charge in [-0.3, -0.25) is 0 Å². The molecule has 2 rings (SSSR count). The van der Waals surface area contributed by atoms with Gasteiger partial charge >= 0.3 is 9.05 Å². The first kappa shape index (κ1) is 13.4. The minimum absolute atomic E-state index is 0.324. The largest absolute Gasteiger partial charge is 0.399 e. The summed E-state index contributed by atoms with van der Waals surface area (Å²) in [7, 11) is -3.36. The molecule has 0 atom stereocenters. The zero-order chi connectivity index (χ0) is 13.9. The number of rotatable bonds is 4. The van der Waals surface area contributed by atoms with Gasteiger partial charge in [0, 0.05) is 11.4 Å². The second-order valence-electron chi connectivity index (χ2n) is 3.71. The third kappa shape index (κ3) is 4.01. The van der Waals surface area contributed by atoms with E-state index in [1.165, 1.54) is 0 Å². The normalized spacial score (nSPS) is 10.9. The molecule has 0 fully saturated rings. The highest BCUT2D eigenvalue weighted by Gasteiger charge is 2.10. The topological polar surface area (TPSA) is 87.6 Å². The van der Waals surface area contributed by atoms with Gasteiger partial charge in [0.1, 0.15) is 11.5 Å². The Morgan fingerprint density at radius 3 is 1.42 bits per heavy atom. The first-order valence-corrected chi connectivity index (χ1v) is 7.63. The molecule has 0 amide bonds. The Kier molecular flexibility index (Phi) is 3.77. The van der Waals surface area contributed by atoms with Crippen molar-refractivity contribution < 1.29 is 12.6 Å². The molecule has 0 radical (unpaired) electrons. The lowest BCUT2D eigenvalue weighted by molar-refractivity contribution is 0.458. The molecule has 0 spiro atoms. The van der Waals surface area contributed by atoms with Crippen LogP contribution in [0.4, 0.5) is 11.4 Å². The van der Waals surface area contributed by atoms with Gasteiger partial charge < -0.3 is 19.8 Å². The molecule has 2 aromatic carbocycles. The van der Waals surface area contributed by atoms with Gasteiger partial charge in [-0.25, -0.2) is 0 Å². The highest BCUT2D eigenvalue weighted by atomic mass is 32.9. The maximum absolute atomic E-state index is 12.0. The summed E-state index contributed by atoms with van der Waals surface area (Å²) in [4.78, 5) is 0. The van der Waals surface area contributed by atoms with Crippen LogP contribution in [0.15, 0.2) is 48.5 Å². The Hall–Kier alpha value is -1.99. The van der Waals surface area contributed by atoms with Crippen LogP contribution in [0.2, 0.25) is 0 Å². The van der Waals surface area contributed by atoms with Crippen molar-refractivity contribution in [1.82, 2.24) is 0 Å². The van der Waals surface area contributed by atoms with E-state index in [1.807, 2.05) is 0 Å². The summed E-state index contributed by atoms with van der Waals surface area (Å²) in [6.45, 7) is 0. The van der Waals surface area contributed by atoms with E-state index in [4.69, 9.17) is 31.0 Å². The third-order valence-electron chi connectivity index (χ3n) is 2.16. The number of hydrogen-bond donors (Lipinski definition) is 2. The molecular formula is C12H12N2O3S2. The fourth-order valence-corrected chi connectivity index (χ4v) is 2.50. The number of benzene rings is 2. The molecule has 0 unspecified atom stereocenters. The summed E-state index contributed by atoms with van der Waals surface area (Å²) in [5.74, 6) is 0.647. The minimum Gasteiger partial charge on any atom is -0.399 e. The lowest BCUT2D eigenvalue weighted by Crippen LogP contribution is -2.15. The van der Waals surface area contributed by atoms with Crippen molar-refractivity contribution in [2.24, 2.45) is 0 Å². The van der Waals surface area contributed by atoms with E-state index in [9.17, 15) is 4.21 Å². The van der Waals surface area contributed by atoms with E-state index < -0.39 is 9.05 Å². The second-order valence-corrected chi connectivity index (χ2v) is 6.09. The third-order valence-corrected chi connectivity index (χ3v) is 3.36. The van der Waals surface area contributed by atoms with E-state index in [-0.39, 0.29) is 0 Å². The molecule has 100 valence electrons. The van der Waals surface area contributed by atoms with Crippen molar-refractivity contribution in [2.75, 3.05) is 11.5 Å². The van der Waals surface area contributed by atoms with Crippen LogP contribution in [0.5, 0.6) is 11.5 Å². The van der Waals surface area contributed by atoms with Crippen molar-refractivity contribution in [1.29, 1.82) is 0 Å². The highest BCUT2D eigenvalue weighted by Crippen LogP contribution is 2.19. The van der Waals surface area contributed by atoms with Crippen LogP contribution in [-0.4, -0.2) is 4.21 Å². The highest BCUT2D eigenvalue weighted by molar-refractivity contribution is 8.27. The number of nitrogens with two attached hydrogens (primary N) is 2. The molecule has 0 saturated heterocycles. The minimum atomic E-state index is -3.36. The fourth-order valence-electron chi connectivity index (χ4n) is 1.30. The smallest absolute Gasteiger partial charge is 0.361 e. The molecule has 7 heteroatoms. The average Bonchev–Trinajstić information content (AvgIpc) is 2.34. The van der Waals surface area contributed by atoms with E-state index >= 15 is 0 Å². The summed E-state index contributed by atoms with van der Waals surface area (Å²) in [6.07, 6.45) is 0. The van der Waals surface area contributed by atoms with Gasteiger partial charge in [-0.1, -0.05) is 0 Å². The van der Waals surface area contributed by atoms with Crippen molar-refractivity contribution in [3.05, 3.63) is 48.5 Å². The molecule has 0 aliphatic rings. The van der Waals surface area contributed by atoms with Crippen LogP contribution in [0, 0.1) is 0 Å². The van der Waals surface area contributed by atoms with Crippen LogP contribution in [-0.2, 0) is 20.2 Å². The molecule has 0 saturated carbocycles. The van der Waals surface area contributed by atoms with Gasteiger partial charge in [0.15, 0.2) is 0 Å². The standard InChI is InChI=1S/C12H12N2O3S2/c13-9-1-5-11(6-2-9)16-19(15,18)17-12-7-3-10(14)4-8-12/h1-8H,13-14H2. The fraction of sp³-hybridized carbons (Fsp3) is 0. The Balaban J connectivity index is 2.10. The molecule has 5 nitrogen and oxygen atoms in total. The zero-order valence-electron chi connectivity index (χ0n) is 9.81. The van der Waals surface area contributed by atoms with E-state index in [2.05, 4.69) is 0 Å². The van der Waals surface area contributed by atoms with Crippen molar-refractivity contribution in [3.8, 4) is 11.5 Å². The molecule has 4 N–H and O–H groups in total. The summed E-state index contributed by atoms with van der Waals surface area (Å²) in [6, 6.07) is 12.7. The van der Waals surface area contributed by atoms with Gasteiger partial charge in [-0.2, -0.15) is 4.21 Å². The van der Waals surface area contributed by atoms with E-state index in [1.54, 1.807) is 48.5 Å². The van der Waals surface area contributed by atoms with Crippen LogP contribution in [0.3, 0.4) is 0 Å². The van der Waals surface area contributed by atoms with Crippen molar-refractivity contribution >= 4 is 31.6 Å². The predicted molar refractivity (Wildman–Crippen MR) is 78.5 cm³/mol. The summed E-state index contributed by atoms with van der Waals surface area (Å²) in [5, 5.41) is 0. The quantitative estimate of drug-likeness (QED) is 0.838. The molecule has 0 heterocycles. The molecule has 0 aliphatic heterocycles. The first-order chi connectivity index (χ1) is 8.94. The molecule has 0 aromatic heterocycles. The van der Waals surface area contributed by atoms with Gasteiger partial charge in [0.2, 0.25) is 0 Å². The number of hydrogen-bond acceptors (Lipinski definition) is 6. The number of nitrogen functional groups attached to an aromatic ring is 2. The molecule has 19 heavy (non-hydrogen) atoms. The predicted octanol–water partition coefficient (Wildman–Crippen LogP) is 1.89. The summed E-state index contributed by atoms with van der Waals surface area (Å²) >= 11 is 4.79. The summed E-state index contributed by atoms with van der Waals surface area (Å²) < 4.78 is 22.3. The summed E-state index contributed by atoms with van der Waals surface area (Å²) in [5.41, 5.74) is 12.2. The maximum atomic E-state index is 12.0. The van der Waals surface area contributed by atoms with Gasteiger partial charge in [-0.15, -0.1) is 0 Å². The number of anilines is 2. The lowest BCUT2D eigenvalue weighted by atomic mass is 10.3. The van der Waals surface area contributed by atoms with Crippen LogP contribution >= 0.6 is 0 Å². The van der Waals surface area contributed by atoms with Crippen molar-refractivity contribution in [2.45, 2.75) is 0 Å². The van der Waals surface area contributed by atoms with Gasteiger partial charge in [0.25, 0.3) is 0 Å². The SMILES string of the molecule is Nc1ccc(OS(=O)(=S)Oc2ccc(N)cc2)cc1. The Labute approximate surface area is 116 Å². The molecule has 2 aromatic rings. The van der Waals surface area contributed by atoms with Gasteiger partial charge in [-0.05, 0) is 48.5 Å². The van der Waals surface area contributed by atoms with Crippen LogP contribution in [0.25, 0.3) is 0 Å². The van der Waals surface area contributed by atoms with Crippen LogP contribution < -0.4 is 19.8 Å². The molecular weight excluding hydrogens is 284 g/mol. The first-order valence-electron chi connectivity index (χ1n) is 5.29. The second kappa shape index (κ2) is 5.33. The lowest BCUT2D eigenvalue weighted by Gasteiger charge is -2.11. The molecule has 0 aliphatic carbocycles. The van der Waals surface area contributed by atoms with E-state index in [0.717, 1.165) is 0 Å². The maximum Gasteiger partial charge on any atom is 0.361 e. The van der Waals surface area contributed by atoms with Crippen molar-refractivity contribution in [3.63, 3.8) is 0 Å². The zero-order valence-corrected chi connectivity index (χ0v) is 11.4. The average molecular weight is 296 g/mol. The Morgan fingerprint density at radius 2 is 1.11 bits per heavy atom. The van der Waals surface area contributed by atoms with Crippen LogP contribution in [0.1, 0.15) is 0 Å². The monoisotopic (exact) mass is 296 g/mol. The van der Waals surface area contributed by atoms with Gasteiger partial charge in [0.05, 0.1) is 11.2 Å². The Bertz CT molecular complexity index is 599.